The molecule has 0 bridgehead atoms. The molecule has 1 aromatic carbocycles. The first-order valence-corrected chi connectivity index (χ1v) is 9.37. The first-order valence-electron chi connectivity index (χ1n) is 8.99. The number of para-hydroxylation sites is 1. The lowest BCUT2D eigenvalue weighted by atomic mass is 10.3. The van der Waals surface area contributed by atoms with E-state index < -0.39 is 0 Å². The number of hydrogen-bond acceptors (Lipinski definition) is 4. The fourth-order valence-corrected chi connectivity index (χ4v) is 2.73. The quantitative estimate of drug-likeness (QED) is 0.238. The van der Waals surface area contributed by atoms with Gasteiger partial charge in [-0.05, 0) is 25.5 Å². The van der Waals surface area contributed by atoms with E-state index in [1.807, 2.05) is 24.3 Å². The molecule has 1 aromatic rings. The highest BCUT2D eigenvalue weighted by Crippen LogP contribution is 2.22. The maximum Gasteiger partial charge on any atom is 0.191 e. The Hall–Kier alpha value is -0.770. The highest BCUT2D eigenvalue weighted by molar-refractivity contribution is 14.0. The smallest absolute Gasteiger partial charge is 0.191 e. The lowest BCUT2D eigenvalue weighted by Gasteiger charge is -2.26. The van der Waals surface area contributed by atoms with Crippen molar-refractivity contribution in [2.24, 2.45) is 4.99 Å². The second kappa shape index (κ2) is 14.3. The van der Waals surface area contributed by atoms with Gasteiger partial charge in [-0.15, -0.1) is 24.0 Å². The second-order valence-electron chi connectivity index (χ2n) is 5.77. The minimum atomic E-state index is 0. The van der Waals surface area contributed by atoms with E-state index in [1.165, 1.54) is 0 Å². The van der Waals surface area contributed by atoms with Gasteiger partial charge in [0.2, 0.25) is 0 Å². The Balaban J connectivity index is 0.00000338. The topological polar surface area (TPSA) is 58.1 Å². The van der Waals surface area contributed by atoms with Gasteiger partial charge < -0.3 is 20.1 Å². The van der Waals surface area contributed by atoms with Gasteiger partial charge >= 0.3 is 0 Å². The molecule has 0 saturated carbocycles. The molecule has 0 atom stereocenters. The van der Waals surface area contributed by atoms with Gasteiger partial charge in [-0.3, -0.25) is 9.89 Å². The minimum Gasteiger partial charge on any atom is -0.490 e. The van der Waals surface area contributed by atoms with E-state index >= 15 is 0 Å². The van der Waals surface area contributed by atoms with Gasteiger partial charge in [-0.2, -0.15) is 0 Å². The molecular formula is C18H30ClIN4O2. The van der Waals surface area contributed by atoms with Crippen molar-refractivity contribution in [2.75, 3.05) is 59.1 Å². The Kier molecular flexibility index (Phi) is 12.8. The molecule has 0 spiro atoms. The molecule has 8 heteroatoms. The molecular weight excluding hydrogens is 467 g/mol. The number of hydrogen-bond donors (Lipinski definition) is 2. The maximum absolute atomic E-state index is 6.07. The number of morpholine rings is 1. The minimum absolute atomic E-state index is 0. The molecule has 1 saturated heterocycles. The molecule has 0 radical (unpaired) electrons. The van der Waals surface area contributed by atoms with E-state index in [2.05, 4.69) is 27.4 Å². The number of ether oxygens (including phenoxy) is 2. The summed E-state index contributed by atoms with van der Waals surface area (Å²) in [5.74, 6) is 1.53. The number of benzene rings is 1. The Morgan fingerprint density at radius 1 is 1.27 bits per heavy atom. The van der Waals surface area contributed by atoms with Crippen LogP contribution in [0.25, 0.3) is 0 Å². The van der Waals surface area contributed by atoms with Crippen molar-refractivity contribution in [2.45, 2.75) is 13.3 Å². The van der Waals surface area contributed by atoms with Crippen molar-refractivity contribution in [3.8, 4) is 5.75 Å². The summed E-state index contributed by atoms with van der Waals surface area (Å²) in [7, 11) is 0. The highest BCUT2D eigenvalue weighted by Gasteiger charge is 2.09. The molecule has 1 aliphatic heterocycles. The number of guanidine groups is 1. The summed E-state index contributed by atoms with van der Waals surface area (Å²) in [5, 5.41) is 7.17. The molecule has 148 valence electrons. The molecule has 6 nitrogen and oxygen atoms in total. The summed E-state index contributed by atoms with van der Waals surface area (Å²) >= 11 is 6.07. The summed E-state index contributed by atoms with van der Waals surface area (Å²) < 4.78 is 11.0. The van der Waals surface area contributed by atoms with E-state index in [0.717, 1.165) is 58.3 Å². The molecule has 2 N–H and O–H groups in total. The zero-order chi connectivity index (χ0) is 17.7. The summed E-state index contributed by atoms with van der Waals surface area (Å²) in [5.41, 5.74) is 0. The van der Waals surface area contributed by atoms with Gasteiger partial charge in [0.25, 0.3) is 0 Å². The standard InChI is InChI=1S/C18H29ClN4O2.HI/c1-2-20-18(21-8-5-10-23-11-14-24-15-12-23)22-9-13-25-17-7-4-3-6-16(17)19;/h3-4,6-7H,2,5,8-15H2,1H3,(H2,20,21,22);1H. The number of aliphatic imine (C=N–C) groups is 1. The van der Waals surface area contributed by atoms with Crippen LogP contribution in [0.5, 0.6) is 5.75 Å². The van der Waals surface area contributed by atoms with Crippen LogP contribution < -0.4 is 15.4 Å². The van der Waals surface area contributed by atoms with Gasteiger partial charge in [0.05, 0.1) is 24.8 Å². The summed E-state index contributed by atoms with van der Waals surface area (Å²) in [4.78, 5) is 7.04. The molecule has 0 amide bonds. The predicted octanol–water partition coefficient (Wildman–Crippen LogP) is 2.61. The van der Waals surface area contributed by atoms with Crippen molar-refractivity contribution in [1.82, 2.24) is 15.5 Å². The molecule has 0 unspecified atom stereocenters. The van der Waals surface area contributed by atoms with Gasteiger partial charge in [-0.1, -0.05) is 23.7 Å². The first kappa shape index (κ1) is 23.3. The normalized spacial score (nSPS) is 15.2. The van der Waals surface area contributed by atoms with E-state index in [9.17, 15) is 0 Å². The van der Waals surface area contributed by atoms with Crippen LogP contribution in [0.4, 0.5) is 0 Å². The average molecular weight is 497 g/mol. The molecule has 1 aliphatic rings. The van der Waals surface area contributed by atoms with Crippen LogP contribution in [-0.2, 0) is 4.74 Å². The Bertz CT molecular complexity index is 528. The molecule has 2 rings (SSSR count). The van der Waals surface area contributed by atoms with E-state index in [-0.39, 0.29) is 24.0 Å². The Morgan fingerprint density at radius 2 is 2.04 bits per heavy atom. The molecule has 0 aromatic heterocycles. The largest absolute Gasteiger partial charge is 0.490 e. The van der Waals surface area contributed by atoms with E-state index in [1.54, 1.807) is 0 Å². The third-order valence-electron chi connectivity index (χ3n) is 3.84. The third-order valence-corrected chi connectivity index (χ3v) is 4.15. The molecule has 0 aliphatic carbocycles. The van der Waals surface area contributed by atoms with Gasteiger partial charge in [0.1, 0.15) is 12.4 Å². The van der Waals surface area contributed by atoms with Crippen LogP contribution in [0.2, 0.25) is 5.02 Å². The summed E-state index contributed by atoms with van der Waals surface area (Å²) in [6, 6.07) is 7.49. The molecule has 1 heterocycles. The van der Waals surface area contributed by atoms with E-state index in [0.29, 0.717) is 23.9 Å². The van der Waals surface area contributed by atoms with Crippen LogP contribution >= 0.6 is 35.6 Å². The zero-order valence-electron chi connectivity index (χ0n) is 15.4. The second-order valence-corrected chi connectivity index (χ2v) is 6.18. The highest BCUT2D eigenvalue weighted by atomic mass is 127. The summed E-state index contributed by atoms with van der Waals surface area (Å²) in [6.07, 6.45) is 1.05. The van der Waals surface area contributed by atoms with Crippen molar-refractivity contribution >= 4 is 41.5 Å². The predicted molar refractivity (Wildman–Crippen MR) is 118 cm³/mol. The van der Waals surface area contributed by atoms with Crippen molar-refractivity contribution in [3.05, 3.63) is 29.3 Å². The summed E-state index contributed by atoms with van der Waals surface area (Å²) in [6.45, 7) is 9.72. The maximum atomic E-state index is 6.07. The Labute approximate surface area is 178 Å². The molecule has 26 heavy (non-hydrogen) atoms. The number of halogens is 2. The fraction of sp³-hybridized carbons (Fsp3) is 0.611. The first-order chi connectivity index (χ1) is 12.3. The van der Waals surface area contributed by atoms with Crippen LogP contribution in [0.15, 0.2) is 29.3 Å². The van der Waals surface area contributed by atoms with Crippen LogP contribution in [-0.4, -0.2) is 69.9 Å². The van der Waals surface area contributed by atoms with Crippen molar-refractivity contribution < 1.29 is 9.47 Å². The van der Waals surface area contributed by atoms with Crippen molar-refractivity contribution in [3.63, 3.8) is 0 Å². The fourth-order valence-electron chi connectivity index (χ4n) is 2.54. The van der Waals surface area contributed by atoms with E-state index in [4.69, 9.17) is 21.1 Å². The number of nitrogens with zero attached hydrogens (tertiary/aromatic N) is 2. The average Bonchev–Trinajstić information content (AvgIpc) is 2.64. The lowest BCUT2D eigenvalue weighted by Crippen LogP contribution is -2.40. The van der Waals surface area contributed by atoms with Gasteiger partial charge in [-0.25, -0.2) is 0 Å². The number of nitrogens with one attached hydrogen (secondary N) is 2. The lowest BCUT2D eigenvalue weighted by molar-refractivity contribution is 0.0377. The van der Waals surface area contributed by atoms with Crippen molar-refractivity contribution in [1.29, 1.82) is 0 Å². The van der Waals surface area contributed by atoms with Crippen LogP contribution in [0, 0.1) is 0 Å². The van der Waals surface area contributed by atoms with Gasteiger partial charge in [0.15, 0.2) is 5.96 Å². The van der Waals surface area contributed by atoms with Crippen LogP contribution in [0.3, 0.4) is 0 Å². The molecule has 1 fully saturated rings. The van der Waals surface area contributed by atoms with Gasteiger partial charge in [0, 0.05) is 32.7 Å². The Morgan fingerprint density at radius 3 is 2.77 bits per heavy atom. The SMILES string of the molecule is CCNC(=NCCCN1CCOCC1)NCCOc1ccccc1Cl.I. The monoisotopic (exact) mass is 496 g/mol. The third kappa shape index (κ3) is 9.25. The zero-order valence-corrected chi connectivity index (χ0v) is 18.5. The van der Waals surface area contributed by atoms with Crippen LogP contribution in [0.1, 0.15) is 13.3 Å². The number of rotatable bonds is 9.